The van der Waals surface area contributed by atoms with Crippen LogP contribution in [0.3, 0.4) is 0 Å². The van der Waals surface area contributed by atoms with Gasteiger partial charge in [-0.1, -0.05) is 6.07 Å². The third-order valence-corrected chi connectivity index (χ3v) is 4.00. The van der Waals surface area contributed by atoms with Crippen molar-refractivity contribution in [3.05, 3.63) is 67.4 Å². The van der Waals surface area contributed by atoms with Gasteiger partial charge in [-0.25, -0.2) is 15.0 Å². The molecule has 7 nitrogen and oxygen atoms in total. The number of aromatic nitrogens is 6. The van der Waals surface area contributed by atoms with Gasteiger partial charge in [0.25, 0.3) is 0 Å². The number of H-pyrrole nitrogens is 1. The van der Waals surface area contributed by atoms with E-state index in [1.807, 2.05) is 53.2 Å². The van der Waals surface area contributed by atoms with Crippen LogP contribution in [0.15, 0.2) is 67.4 Å². The predicted molar refractivity (Wildman–Crippen MR) is 96.0 cm³/mol. The Morgan fingerprint density at radius 1 is 1.00 bits per heavy atom. The van der Waals surface area contributed by atoms with E-state index >= 15 is 0 Å². The largest absolute Gasteiger partial charge is 0.345 e. The maximum atomic E-state index is 4.65. The van der Waals surface area contributed by atoms with Crippen molar-refractivity contribution >= 4 is 33.7 Å². The Hall–Kier alpha value is -3.74. The first-order valence-electron chi connectivity index (χ1n) is 7.82. The summed E-state index contributed by atoms with van der Waals surface area (Å²) in [6, 6.07) is 13.6. The van der Waals surface area contributed by atoms with Crippen LogP contribution in [0.2, 0.25) is 0 Å². The summed E-state index contributed by atoms with van der Waals surface area (Å²) in [5.74, 6) is 1.35. The fraction of sp³-hybridized carbons (Fsp3) is 0. The molecule has 5 aromatic rings. The van der Waals surface area contributed by atoms with Gasteiger partial charge in [-0.2, -0.15) is 4.98 Å². The van der Waals surface area contributed by atoms with Crippen molar-refractivity contribution in [3.63, 3.8) is 0 Å². The van der Waals surface area contributed by atoms with E-state index in [2.05, 4.69) is 30.2 Å². The lowest BCUT2D eigenvalue weighted by atomic mass is 10.3. The Balaban J connectivity index is 1.55. The highest BCUT2D eigenvalue weighted by atomic mass is 15.2. The van der Waals surface area contributed by atoms with Gasteiger partial charge in [0.05, 0.1) is 17.4 Å². The second-order valence-corrected chi connectivity index (χ2v) is 5.61. The van der Waals surface area contributed by atoms with Gasteiger partial charge >= 0.3 is 0 Å². The van der Waals surface area contributed by atoms with Crippen LogP contribution in [-0.4, -0.2) is 29.5 Å². The van der Waals surface area contributed by atoms with E-state index < -0.39 is 0 Å². The van der Waals surface area contributed by atoms with Crippen LogP contribution in [0.4, 0.5) is 11.6 Å². The Bertz CT molecular complexity index is 1170. The van der Waals surface area contributed by atoms with E-state index in [0.29, 0.717) is 5.95 Å². The van der Waals surface area contributed by atoms with Gasteiger partial charge in [0, 0.05) is 29.7 Å². The van der Waals surface area contributed by atoms with Crippen molar-refractivity contribution in [2.24, 2.45) is 0 Å². The van der Waals surface area contributed by atoms with Crippen LogP contribution in [-0.2, 0) is 0 Å². The lowest BCUT2D eigenvalue weighted by Gasteiger charge is -2.07. The Kier molecular flexibility index (Phi) is 2.96. The molecule has 0 amide bonds. The fourth-order valence-electron chi connectivity index (χ4n) is 2.80. The summed E-state index contributed by atoms with van der Waals surface area (Å²) in [5, 5.41) is 4.20. The maximum Gasteiger partial charge on any atom is 0.229 e. The normalized spacial score (nSPS) is 11.2. The number of anilines is 2. The molecule has 25 heavy (non-hydrogen) atoms. The monoisotopic (exact) mass is 327 g/mol. The molecule has 0 unspecified atom stereocenters. The average molecular weight is 327 g/mol. The molecule has 0 aliphatic heterocycles. The highest BCUT2D eigenvalue weighted by Gasteiger charge is 2.08. The minimum Gasteiger partial charge on any atom is -0.345 e. The molecule has 0 bridgehead atoms. The molecule has 0 radical (unpaired) electrons. The molecule has 0 aliphatic rings. The molecular weight excluding hydrogens is 314 g/mol. The summed E-state index contributed by atoms with van der Waals surface area (Å²) in [5.41, 5.74) is 3.58. The third-order valence-electron chi connectivity index (χ3n) is 4.00. The molecule has 0 saturated heterocycles. The number of rotatable bonds is 3. The summed E-state index contributed by atoms with van der Waals surface area (Å²) in [6.45, 7) is 0. The van der Waals surface area contributed by atoms with Gasteiger partial charge in [-0.15, -0.1) is 0 Å². The highest BCUT2D eigenvalue weighted by Crippen LogP contribution is 2.21. The van der Waals surface area contributed by atoms with Gasteiger partial charge in [-0.3, -0.25) is 4.57 Å². The molecule has 7 heteroatoms. The van der Waals surface area contributed by atoms with Crippen LogP contribution in [0.1, 0.15) is 0 Å². The van der Waals surface area contributed by atoms with Gasteiger partial charge in [-0.05, 0) is 36.4 Å². The van der Waals surface area contributed by atoms with Crippen LogP contribution in [0, 0.1) is 0 Å². The van der Waals surface area contributed by atoms with E-state index in [0.717, 1.165) is 33.6 Å². The van der Waals surface area contributed by atoms with Crippen LogP contribution >= 0.6 is 0 Å². The average Bonchev–Trinajstić information content (AvgIpc) is 3.28. The summed E-state index contributed by atoms with van der Waals surface area (Å²) in [7, 11) is 0. The van der Waals surface area contributed by atoms with Crippen molar-refractivity contribution in [2.75, 3.05) is 5.32 Å². The smallest absolute Gasteiger partial charge is 0.229 e. The van der Waals surface area contributed by atoms with E-state index in [4.69, 9.17) is 0 Å². The number of benzene rings is 1. The molecule has 5 rings (SSSR count). The summed E-state index contributed by atoms with van der Waals surface area (Å²) in [6.07, 6.45) is 7.19. The zero-order valence-electron chi connectivity index (χ0n) is 13.1. The number of aromatic amines is 1. The molecule has 2 N–H and O–H groups in total. The van der Waals surface area contributed by atoms with Crippen molar-refractivity contribution in [1.82, 2.24) is 29.5 Å². The Labute approximate surface area is 142 Å². The standard InChI is InChI=1S/C18H13N7/c1-2-7-19-16(3-1)25-8-6-12-10-20-18(24-17(12)25)23-13-4-5-14-15(9-13)22-11-21-14/h1-11H,(H,21,22)(H,20,23,24). The number of nitrogens with one attached hydrogen (secondary N) is 2. The van der Waals surface area contributed by atoms with Crippen molar-refractivity contribution in [2.45, 2.75) is 0 Å². The zero-order chi connectivity index (χ0) is 16.6. The first-order valence-corrected chi connectivity index (χ1v) is 7.82. The van der Waals surface area contributed by atoms with E-state index in [1.165, 1.54) is 0 Å². The minimum atomic E-state index is 0.530. The quantitative estimate of drug-likeness (QED) is 0.530. The first kappa shape index (κ1) is 13.7. The third kappa shape index (κ3) is 2.38. The summed E-state index contributed by atoms with van der Waals surface area (Å²) in [4.78, 5) is 20.7. The lowest BCUT2D eigenvalue weighted by molar-refractivity contribution is 1.02. The summed E-state index contributed by atoms with van der Waals surface area (Å²) >= 11 is 0. The topological polar surface area (TPSA) is 84.3 Å². The van der Waals surface area contributed by atoms with Gasteiger partial charge < -0.3 is 10.3 Å². The molecule has 0 fully saturated rings. The number of nitrogens with zero attached hydrogens (tertiary/aromatic N) is 5. The molecule has 4 aromatic heterocycles. The molecular formula is C18H13N7. The molecule has 0 saturated carbocycles. The number of imidazole rings is 1. The van der Waals surface area contributed by atoms with E-state index in [1.54, 1.807) is 18.7 Å². The summed E-state index contributed by atoms with van der Waals surface area (Å²) < 4.78 is 1.94. The second-order valence-electron chi connectivity index (χ2n) is 5.61. The van der Waals surface area contributed by atoms with Crippen molar-refractivity contribution in [1.29, 1.82) is 0 Å². The van der Waals surface area contributed by atoms with E-state index in [9.17, 15) is 0 Å². The zero-order valence-corrected chi connectivity index (χ0v) is 13.1. The van der Waals surface area contributed by atoms with Gasteiger partial charge in [0.15, 0.2) is 5.65 Å². The molecule has 120 valence electrons. The van der Waals surface area contributed by atoms with E-state index in [-0.39, 0.29) is 0 Å². The highest BCUT2D eigenvalue weighted by molar-refractivity contribution is 5.81. The van der Waals surface area contributed by atoms with Crippen LogP contribution < -0.4 is 5.32 Å². The number of fused-ring (bicyclic) bond motifs is 2. The second kappa shape index (κ2) is 5.41. The number of pyridine rings is 1. The SMILES string of the molecule is c1ccc(-n2ccc3cnc(Nc4ccc5nc[nH]c5c4)nc32)nc1. The molecule has 0 spiro atoms. The first-order chi connectivity index (χ1) is 12.4. The van der Waals surface area contributed by atoms with Gasteiger partial charge in [0.1, 0.15) is 5.82 Å². The van der Waals surface area contributed by atoms with Crippen molar-refractivity contribution in [3.8, 4) is 5.82 Å². The molecule has 1 aromatic carbocycles. The molecule has 0 atom stereocenters. The Morgan fingerprint density at radius 2 is 2.00 bits per heavy atom. The number of hydrogen-bond donors (Lipinski definition) is 2. The maximum absolute atomic E-state index is 4.65. The fourth-order valence-corrected chi connectivity index (χ4v) is 2.80. The molecule has 0 aliphatic carbocycles. The lowest BCUT2D eigenvalue weighted by Crippen LogP contribution is -2.00. The molecule has 4 heterocycles. The number of hydrogen-bond acceptors (Lipinski definition) is 5. The minimum absolute atomic E-state index is 0.530. The van der Waals surface area contributed by atoms with Gasteiger partial charge in [0.2, 0.25) is 5.95 Å². The van der Waals surface area contributed by atoms with Crippen LogP contribution in [0.25, 0.3) is 27.9 Å². The predicted octanol–water partition coefficient (Wildman–Crippen LogP) is 3.44. The Morgan fingerprint density at radius 3 is 2.92 bits per heavy atom. The van der Waals surface area contributed by atoms with Crippen molar-refractivity contribution < 1.29 is 0 Å². The van der Waals surface area contributed by atoms with Crippen LogP contribution in [0.5, 0.6) is 0 Å².